The Morgan fingerprint density at radius 3 is 1.41 bits per heavy atom. The number of benzene rings is 12. The van der Waals surface area contributed by atoms with Gasteiger partial charge in [0, 0.05) is 33.4 Å². The van der Waals surface area contributed by atoms with Gasteiger partial charge in [-0.1, -0.05) is 237 Å². The summed E-state index contributed by atoms with van der Waals surface area (Å²) in [5.74, 6) is 0. The minimum Gasteiger partial charge on any atom is -0.310 e. The zero-order valence-electron chi connectivity index (χ0n) is 41.6. The molecule has 1 heterocycles. The van der Waals surface area contributed by atoms with E-state index in [9.17, 15) is 0 Å². The second-order valence-corrected chi connectivity index (χ2v) is 20.6. The van der Waals surface area contributed by atoms with Gasteiger partial charge in [0.2, 0.25) is 0 Å². The third kappa shape index (κ3) is 5.76. The van der Waals surface area contributed by atoms with Crippen LogP contribution in [0.1, 0.15) is 44.5 Å². The molecule has 0 saturated heterocycles. The van der Waals surface area contributed by atoms with Crippen molar-refractivity contribution >= 4 is 38.9 Å². The summed E-state index contributed by atoms with van der Waals surface area (Å²) in [6.07, 6.45) is 0. The summed E-state index contributed by atoms with van der Waals surface area (Å²) in [4.78, 5) is 2.57. The lowest BCUT2D eigenvalue weighted by molar-refractivity contribution is 0.768. The molecule has 0 saturated carbocycles. The summed E-state index contributed by atoms with van der Waals surface area (Å²) in [7, 11) is 0. The van der Waals surface area contributed by atoms with Crippen LogP contribution in [0.2, 0.25) is 0 Å². The van der Waals surface area contributed by atoms with Gasteiger partial charge in [0.25, 0.3) is 0 Å². The standard InChI is InChI=1S/C74H48N2/c1-4-22-49(23-5-1)50-42-44-58-57-31-11-16-36-64(57)74(67(58)46-50)65-37-17-12-34-62(65)72-66(74)38-21-41-71(72)75(53-28-20-29-54(47-53)76-69-39-18-13-32-60(69)61-33-14-19-40-70(61)76)55-43-45-59-56-30-10-15-35-63(56)73(68(59)48-55,51-24-6-2-7-25-51)52-26-8-3-9-27-52/h1-48H. The van der Waals surface area contributed by atoms with Gasteiger partial charge in [0.15, 0.2) is 0 Å². The monoisotopic (exact) mass is 964 g/mol. The zero-order valence-corrected chi connectivity index (χ0v) is 41.6. The largest absolute Gasteiger partial charge is 0.310 e. The SMILES string of the molecule is c1ccc(-c2ccc3c(c2)C2(c4ccccc4-3)c3ccccc3-c3c(N(c4cccc(-n5c6ccccc6c6ccccc65)c4)c4ccc5c(c4)C(c4ccccc4)(c4ccccc4)c4ccccc4-5)cccc32)cc1. The van der Waals surface area contributed by atoms with Crippen LogP contribution in [0.4, 0.5) is 17.1 Å². The average molecular weight is 965 g/mol. The van der Waals surface area contributed by atoms with Gasteiger partial charge in [-0.05, 0) is 138 Å². The van der Waals surface area contributed by atoms with Gasteiger partial charge in [-0.25, -0.2) is 0 Å². The first-order valence-corrected chi connectivity index (χ1v) is 26.5. The molecule has 76 heavy (non-hydrogen) atoms. The molecular formula is C74H48N2. The maximum Gasteiger partial charge on any atom is 0.0726 e. The third-order valence-corrected chi connectivity index (χ3v) is 17.1. The van der Waals surface area contributed by atoms with Crippen LogP contribution >= 0.6 is 0 Å². The molecule has 0 amide bonds. The Morgan fingerprint density at radius 2 is 0.750 bits per heavy atom. The molecule has 0 bridgehead atoms. The first-order chi connectivity index (χ1) is 37.7. The van der Waals surface area contributed by atoms with Gasteiger partial charge >= 0.3 is 0 Å². The third-order valence-electron chi connectivity index (χ3n) is 17.1. The molecule has 16 rings (SSSR count). The average Bonchev–Trinajstić information content (AvgIpc) is 4.36. The molecule has 0 fully saturated rings. The van der Waals surface area contributed by atoms with Crippen molar-refractivity contribution in [3.63, 3.8) is 0 Å². The minimum atomic E-state index is -0.579. The maximum absolute atomic E-state index is 2.57. The Morgan fingerprint density at radius 1 is 0.276 bits per heavy atom. The quantitative estimate of drug-likeness (QED) is 0.155. The van der Waals surface area contributed by atoms with Crippen LogP contribution in [-0.4, -0.2) is 4.57 Å². The van der Waals surface area contributed by atoms with Crippen LogP contribution in [0.3, 0.4) is 0 Å². The van der Waals surface area contributed by atoms with Crippen molar-refractivity contribution in [1.82, 2.24) is 4.57 Å². The van der Waals surface area contributed by atoms with Crippen molar-refractivity contribution in [2.75, 3.05) is 4.90 Å². The normalized spacial score (nSPS) is 15.0. The van der Waals surface area contributed by atoms with Crippen molar-refractivity contribution in [2.45, 2.75) is 10.8 Å². The fourth-order valence-corrected chi connectivity index (χ4v) is 14.1. The molecule has 1 atom stereocenters. The summed E-state index contributed by atoms with van der Waals surface area (Å²) in [6, 6.07) is 109. The van der Waals surface area contributed by atoms with Gasteiger partial charge in [0.1, 0.15) is 0 Å². The molecule has 3 aliphatic carbocycles. The van der Waals surface area contributed by atoms with Crippen molar-refractivity contribution < 1.29 is 0 Å². The topological polar surface area (TPSA) is 8.17 Å². The van der Waals surface area contributed by atoms with E-state index in [1.54, 1.807) is 0 Å². The van der Waals surface area contributed by atoms with Crippen molar-refractivity contribution in [3.8, 4) is 50.2 Å². The van der Waals surface area contributed by atoms with Crippen LogP contribution < -0.4 is 4.90 Å². The predicted octanol–water partition coefficient (Wildman–Crippen LogP) is 18.6. The number of hydrogen-bond acceptors (Lipinski definition) is 1. The summed E-state index contributed by atoms with van der Waals surface area (Å²) >= 11 is 0. The Kier molecular flexibility index (Phi) is 9.20. The smallest absolute Gasteiger partial charge is 0.0726 e. The zero-order chi connectivity index (χ0) is 50.0. The van der Waals surface area contributed by atoms with E-state index in [1.165, 1.54) is 111 Å². The number of fused-ring (bicyclic) bond motifs is 16. The Balaban J connectivity index is 0.999. The summed E-state index contributed by atoms with van der Waals surface area (Å²) in [6.45, 7) is 0. The van der Waals surface area contributed by atoms with Crippen molar-refractivity contribution in [1.29, 1.82) is 0 Å². The highest BCUT2D eigenvalue weighted by atomic mass is 15.1. The number of anilines is 3. The molecule has 0 radical (unpaired) electrons. The molecule has 3 aliphatic rings. The van der Waals surface area contributed by atoms with Gasteiger partial charge < -0.3 is 9.47 Å². The van der Waals surface area contributed by atoms with Crippen LogP contribution in [0, 0.1) is 0 Å². The van der Waals surface area contributed by atoms with E-state index in [0.29, 0.717) is 0 Å². The Bertz CT molecular complexity index is 4380. The highest BCUT2D eigenvalue weighted by molar-refractivity contribution is 6.09. The summed E-state index contributed by atoms with van der Waals surface area (Å²) in [5, 5.41) is 2.49. The van der Waals surface area contributed by atoms with E-state index in [1.807, 2.05) is 0 Å². The van der Waals surface area contributed by atoms with E-state index in [2.05, 4.69) is 301 Å². The van der Waals surface area contributed by atoms with Gasteiger partial charge in [-0.3, -0.25) is 0 Å². The molecular weight excluding hydrogens is 917 g/mol. The molecule has 1 unspecified atom stereocenters. The van der Waals surface area contributed by atoms with Crippen LogP contribution in [0.15, 0.2) is 291 Å². The molecule has 0 aliphatic heterocycles. The lowest BCUT2D eigenvalue weighted by Gasteiger charge is -2.35. The molecule has 1 aromatic heterocycles. The fourth-order valence-electron chi connectivity index (χ4n) is 14.1. The van der Waals surface area contributed by atoms with E-state index < -0.39 is 10.8 Å². The lowest BCUT2D eigenvalue weighted by atomic mass is 9.67. The molecule has 2 nitrogen and oxygen atoms in total. The minimum absolute atomic E-state index is 0.565. The van der Waals surface area contributed by atoms with Crippen molar-refractivity contribution in [2.24, 2.45) is 0 Å². The predicted molar refractivity (Wildman–Crippen MR) is 315 cm³/mol. The van der Waals surface area contributed by atoms with Crippen LogP contribution in [0.5, 0.6) is 0 Å². The Labute approximate surface area is 442 Å². The highest BCUT2D eigenvalue weighted by Gasteiger charge is 2.53. The number of rotatable bonds is 7. The second kappa shape index (κ2) is 16.4. The fraction of sp³-hybridized carbons (Fsp3) is 0.0270. The van der Waals surface area contributed by atoms with Crippen molar-refractivity contribution in [3.05, 3.63) is 336 Å². The molecule has 354 valence electrons. The molecule has 1 spiro atoms. The Hall–Kier alpha value is -9.76. The maximum atomic E-state index is 2.57. The lowest BCUT2D eigenvalue weighted by Crippen LogP contribution is -2.28. The van der Waals surface area contributed by atoms with Gasteiger partial charge in [-0.2, -0.15) is 0 Å². The number of hydrogen-bond donors (Lipinski definition) is 0. The summed E-state index contributed by atoms with van der Waals surface area (Å²) in [5.41, 5.74) is 25.9. The van der Waals surface area contributed by atoms with Crippen LogP contribution in [-0.2, 0) is 10.8 Å². The van der Waals surface area contributed by atoms with E-state index in [-0.39, 0.29) is 0 Å². The molecule has 12 aromatic carbocycles. The number of aromatic nitrogens is 1. The van der Waals surface area contributed by atoms with E-state index in [0.717, 1.165) is 22.7 Å². The van der Waals surface area contributed by atoms with E-state index >= 15 is 0 Å². The molecule has 13 aromatic rings. The number of nitrogens with zero attached hydrogens (tertiary/aromatic N) is 2. The highest BCUT2D eigenvalue weighted by Crippen LogP contribution is 2.65. The molecule has 0 N–H and O–H groups in total. The summed E-state index contributed by atoms with van der Waals surface area (Å²) < 4.78 is 2.44. The van der Waals surface area contributed by atoms with E-state index in [4.69, 9.17) is 0 Å². The second-order valence-electron chi connectivity index (χ2n) is 20.6. The number of para-hydroxylation sites is 2. The first kappa shape index (κ1) is 42.7. The van der Waals surface area contributed by atoms with Gasteiger partial charge in [-0.15, -0.1) is 0 Å². The van der Waals surface area contributed by atoms with Gasteiger partial charge in [0.05, 0.1) is 27.6 Å². The van der Waals surface area contributed by atoms with Crippen LogP contribution in [0.25, 0.3) is 72.0 Å². The molecule has 2 heteroatoms. The first-order valence-electron chi connectivity index (χ1n) is 26.5.